The summed E-state index contributed by atoms with van der Waals surface area (Å²) < 4.78 is 31.1. The normalized spacial score (nSPS) is 10.4. The van der Waals surface area contributed by atoms with Crippen molar-refractivity contribution < 1.29 is 25.6 Å². The summed E-state index contributed by atoms with van der Waals surface area (Å²) in [6.45, 7) is 3.42. The molecule has 0 aliphatic rings. The van der Waals surface area contributed by atoms with Gasteiger partial charge in [-0.15, -0.1) is 0 Å². The third-order valence-electron chi connectivity index (χ3n) is 3.02. The van der Waals surface area contributed by atoms with Gasteiger partial charge in [-0.05, 0) is 32.0 Å². The van der Waals surface area contributed by atoms with Gasteiger partial charge in [0.15, 0.2) is 0 Å². The number of carbonyl (C=O) groups is 2. The van der Waals surface area contributed by atoms with Crippen molar-refractivity contribution in [2.45, 2.75) is 18.7 Å². The van der Waals surface area contributed by atoms with E-state index in [1.807, 2.05) is 4.72 Å². The number of benzene rings is 1. The number of ether oxygens (including phenoxy) is 1. The van der Waals surface area contributed by atoms with E-state index < -0.39 is 22.0 Å². The molecule has 0 radical (unpaired) electrons. The van der Waals surface area contributed by atoms with Crippen LogP contribution in [-0.2, 0) is 14.8 Å². The van der Waals surface area contributed by atoms with Crippen LogP contribution in [-0.4, -0.2) is 60.5 Å². The van der Waals surface area contributed by atoms with Crippen LogP contribution < -0.4 is 10.0 Å². The fourth-order valence-corrected chi connectivity index (χ4v) is 3.17. The minimum absolute atomic E-state index is 0. The van der Waals surface area contributed by atoms with Gasteiger partial charge >= 0.3 is 35.1 Å². The summed E-state index contributed by atoms with van der Waals surface area (Å²) in [4.78, 5) is 31.3. The zero-order valence-corrected chi connectivity index (χ0v) is 16.7. The van der Waals surface area contributed by atoms with Crippen molar-refractivity contribution in [3.05, 3.63) is 47.3 Å². The number of amides is 2. The smallest absolute Gasteiger partial charge is 1.00 e. The van der Waals surface area contributed by atoms with E-state index in [1.165, 1.54) is 24.3 Å². The van der Waals surface area contributed by atoms with E-state index in [9.17, 15) is 18.0 Å². The van der Waals surface area contributed by atoms with E-state index in [-0.39, 0.29) is 42.3 Å². The fourth-order valence-electron chi connectivity index (χ4n) is 2.07. The second-order valence-corrected chi connectivity index (χ2v) is 6.67. The van der Waals surface area contributed by atoms with Gasteiger partial charge in [0.05, 0.1) is 12.7 Å². The Balaban J connectivity index is 0. The number of nitrogens with zero attached hydrogens (tertiary/aromatic N) is 2. The molecule has 0 bridgehead atoms. The van der Waals surface area contributed by atoms with Crippen LogP contribution in [0.4, 0.5) is 10.7 Å². The molecule has 2 amide bonds. The number of aromatic nitrogens is 2. The molecule has 0 fully saturated rings. The van der Waals surface area contributed by atoms with E-state index in [4.69, 9.17) is 0 Å². The minimum Gasteiger partial charge on any atom is -1.00 e. The number of carbonyl (C=O) groups excluding carboxylic acids is 2. The predicted molar refractivity (Wildman–Crippen MR) is 96.6 cm³/mol. The average Bonchev–Trinajstić information content (AvgIpc) is 2.52. The van der Waals surface area contributed by atoms with Crippen LogP contribution >= 0.6 is 0 Å². The van der Waals surface area contributed by atoms with Crippen molar-refractivity contribution in [1.29, 1.82) is 0 Å². The Bertz CT molecular complexity index is 924. The molecule has 0 spiro atoms. The van der Waals surface area contributed by atoms with Crippen molar-refractivity contribution in [2.75, 3.05) is 12.4 Å². The first-order valence-electron chi connectivity index (χ1n) is 7.06. The number of hydrogen-bond acceptors (Lipinski definition) is 7. The molecule has 9 nitrogen and oxygen atoms in total. The van der Waals surface area contributed by atoms with Crippen LogP contribution in [0.3, 0.4) is 0 Å². The molecule has 1 aromatic carbocycles. The molecule has 0 aliphatic carbocycles. The molecule has 1 aromatic heterocycles. The second kappa shape index (κ2) is 8.92. The van der Waals surface area contributed by atoms with Crippen LogP contribution in [0.25, 0.3) is 0 Å². The van der Waals surface area contributed by atoms with Gasteiger partial charge in [-0.1, -0.05) is 12.1 Å². The van der Waals surface area contributed by atoms with Crippen molar-refractivity contribution in [1.82, 2.24) is 14.7 Å². The number of urea groups is 1. The summed E-state index contributed by atoms with van der Waals surface area (Å²) in [5.41, 5.74) is 1.04. The topological polar surface area (TPSA) is 127 Å². The first-order chi connectivity index (χ1) is 11.7. The Hall–Kier alpha value is -2.24. The summed E-state index contributed by atoms with van der Waals surface area (Å²) in [6, 6.07) is 6.03. The van der Waals surface area contributed by atoms with Gasteiger partial charge in [-0.3, -0.25) is 5.32 Å². The Morgan fingerprint density at radius 2 is 1.69 bits per heavy atom. The van der Waals surface area contributed by atoms with Crippen molar-refractivity contribution >= 4 is 51.0 Å². The molecule has 26 heavy (non-hydrogen) atoms. The Kier molecular flexibility index (Phi) is 7.48. The number of aryl methyl sites for hydroxylation is 2. The van der Waals surface area contributed by atoms with Gasteiger partial charge in [0, 0.05) is 11.4 Å². The monoisotopic (exact) mass is 390 g/mol. The van der Waals surface area contributed by atoms with Gasteiger partial charge in [0.2, 0.25) is 5.95 Å². The van der Waals surface area contributed by atoms with Gasteiger partial charge < -0.3 is 7.59 Å². The largest absolute Gasteiger partial charge is 2.00 e. The van der Waals surface area contributed by atoms with Crippen molar-refractivity contribution in [3.8, 4) is 0 Å². The molecule has 0 atom stereocenters. The summed E-state index contributed by atoms with van der Waals surface area (Å²) in [7, 11) is -3.18. The maximum Gasteiger partial charge on any atom is 2.00 e. The average molecular weight is 391 g/mol. The van der Waals surface area contributed by atoms with Crippen molar-refractivity contribution in [3.63, 3.8) is 0 Å². The first kappa shape index (κ1) is 21.8. The zero-order valence-electron chi connectivity index (χ0n) is 16.4. The van der Waals surface area contributed by atoms with Crippen molar-refractivity contribution in [2.24, 2.45) is 0 Å². The maximum atomic E-state index is 12.4. The molecule has 0 aliphatic heterocycles. The second-order valence-electron chi connectivity index (χ2n) is 5.02. The van der Waals surface area contributed by atoms with Gasteiger partial charge in [-0.2, -0.15) is 0 Å². The fraction of sp³-hybridized carbons (Fsp3) is 0.200. The number of sulfonamides is 1. The quantitative estimate of drug-likeness (QED) is 0.593. The van der Waals surface area contributed by atoms with E-state index >= 15 is 0 Å². The summed E-state index contributed by atoms with van der Waals surface area (Å²) in [5.74, 6) is -0.870. The molecule has 11 heteroatoms. The molecule has 0 saturated carbocycles. The van der Waals surface area contributed by atoms with Crippen LogP contribution in [0.1, 0.15) is 24.6 Å². The number of rotatable bonds is 4. The number of methoxy groups -OCH3 is 1. The number of esters is 1. The summed E-state index contributed by atoms with van der Waals surface area (Å²) in [6.07, 6.45) is 0. The zero-order chi connectivity index (χ0) is 18.6. The Morgan fingerprint density at radius 3 is 2.27 bits per heavy atom. The number of nitrogens with one attached hydrogen (secondary N) is 2. The number of hydrogen-bond donors (Lipinski definition) is 2. The minimum atomic E-state index is -4.30. The molecular weight excluding hydrogens is 373 g/mol. The molecule has 2 aromatic rings. The molecule has 0 saturated heterocycles. The Labute approximate surface area is 169 Å². The Morgan fingerprint density at radius 1 is 1.12 bits per heavy atom. The number of anilines is 1. The third-order valence-corrected chi connectivity index (χ3v) is 4.41. The van der Waals surface area contributed by atoms with E-state index in [1.54, 1.807) is 19.9 Å². The molecule has 2 N–H and O–H groups in total. The maximum absolute atomic E-state index is 12.4. The van der Waals surface area contributed by atoms with Gasteiger partial charge in [0.25, 0.3) is 10.0 Å². The van der Waals surface area contributed by atoms with E-state index in [2.05, 4.69) is 20.0 Å². The van der Waals surface area contributed by atoms with E-state index in [0.29, 0.717) is 11.4 Å². The standard InChI is InChI=1S/C15H16N4O5S.Mg.2H/c1-9-8-10(2)17-14(16-9)18-15(21)19-25(22,23)12-7-5-4-6-11(12)13(20)24-3;;;/h4-8H,1-3H3,(H2,16,17,18,19,21);;;/q;+2;2*-1. The van der Waals surface area contributed by atoms with Crippen LogP contribution in [0.5, 0.6) is 0 Å². The van der Waals surface area contributed by atoms with Crippen LogP contribution in [0.2, 0.25) is 0 Å². The molecule has 1 heterocycles. The van der Waals surface area contributed by atoms with E-state index in [0.717, 1.165) is 7.11 Å². The first-order valence-corrected chi connectivity index (χ1v) is 8.54. The summed E-state index contributed by atoms with van der Waals surface area (Å²) in [5, 5.41) is 2.24. The predicted octanol–water partition coefficient (Wildman–Crippen LogP) is 1.23. The third kappa shape index (κ3) is 5.38. The molecule has 2 rings (SSSR count). The molecular formula is C15H18MgN4O5S. The van der Waals surface area contributed by atoms with Gasteiger partial charge in [-0.25, -0.2) is 32.7 Å². The molecule has 136 valence electrons. The van der Waals surface area contributed by atoms with Crippen LogP contribution in [0.15, 0.2) is 35.2 Å². The SMILES string of the molecule is COC(=O)c1ccccc1S(=O)(=O)NC(=O)Nc1nc(C)cc(C)n1.[H-].[H-].[Mg+2]. The van der Waals surface area contributed by atoms with Crippen LogP contribution in [0, 0.1) is 13.8 Å². The molecule has 0 unspecified atom stereocenters. The summed E-state index contributed by atoms with van der Waals surface area (Å²) >= 11 is 0. The van der Waals surface area contributed by atoms with Gasteiger partial charge in [0.1, 0.15) is 4.90 Å².